The lowest BCUT2D eigenvalue weighted by Gasteiger charge is -2.57. The minimum Gasteiger partial charge on any atom is -0.512 e. The maximum absolute atomic E-state index is 10.3. The van der Waals surface area contributed by atoms with Gasteiger partial charge in [-0.15, -0.1) is 0 Å². The van der Waals surface area contributed by atoms with Crippen molar-refractivity contribution in [3.63, 3.8) is 0 Å². The molecule has 21 heavy (non-hydrogen) atoms. The molecular formula is C19H26O2. The predicted octanol–water partition coefficient (Wildman–Crippen LogP) is 4.91. The topological polar surface area (TPSA) is 40.5 Å². The lowest BCUT2D eigenvalue weighted by molar-refractivity contribution is -0.0575. The zero-order valence-electron chi connectivity index (χ0n) is 13.0. The second-order valence-corrected chi connectivity index (χ2v) is 8.13. The monoisotopic (exact) mass is 286 g/mol. The van der Waals surface area contributed by atoms with Crippen LogP contribution in [0.1, 0.15) is 46.0 Å². The average Bonchev–Trinajstić information content (AvgIpc) is 2.76. The summed E-state index contributed by atoms with van der Waals surface area (Å²) in [7, 11) is 0. The third-order valence-corrected chi connectivity index (χ3v) is 7.37. The predicted molar refractivity (Wildman–Crippen MR) is 83.8 cm³/mol. The van der Waals surface area contributed by atoms with E-state index in [1.165, 1.54) is 19.3 Å². The highest BCUT2D eigenvalue weighted by atomic mass is 16.3. The van der Waals surface area contributed by atoms with E-state index in [4.69, 9.17) is 0 Å². The molecule has 0 bridgehead atoms. The Hall–Kier alpha value is -1.18. The highest BCUT2D eigenvalue weighted by Gasteiger charge is 2.57. The van der Waals surface area contributed by atoms with Crippen LogP contribution < -0.4 is 0 Å². The molecule has 0 aliphatic heterocycles. The van der Waals surface area contributed by atoms with Crippen molar-refractivity contribution < 1.29 is 10.2 Å². The minimum absolute atomic E-state index is 0.0285. The van der Waals surface area contributed by atoms with Gasteiger partial charge in [-0.25, -0.2) is 0 Å². The summed E-state index contributed by atoms with van der Waals surface area (Å²) in [4.78, 5) is 0. The van der Waals surface area contributed by atoms with Gasteiger partial charge in [0.15, 0.2) is 0 Å². The van der Waals surface area contributed by atoms with Crippen molar-refractivity contribution in [2.75, 3.05) is 0 Å². The summed E-state index contributed by atoms with van der Waals surface area (Å²) in [5.41, 5.74) is 0.218. The number of aliphatic hydroxyl groups is 2. The van der Waals surface area contributed by atoms with Gasteiger partial charge in [-0.05, 0) is 79.4 Å². The smallest absolute Gasteiger partial charge is 0.111 e. The number of hydrogen-bond acceptors (Lipinski definition) is 2. The van der Waals surface area contributed by atoms with Crippen LogP contribution in [0.2, 0.25) is 0 Å². The Kier molecular flexibility index (Phi) is 2.68. The molecule has 1 unspecified atom stereocenters. The number of fused-ring (bicyclic) bond motifs is 5. The molecule has 0 aromatic carbocycles. The van der Waals surface area contributed by atoms with Crippen LogP contribution in [0, 0.1) is 34.5 Å². The number of aliphatic hydroxyl groups excluding tert-OH is 2. The summed E-state index contributed by atoms with van der Waals surface area (Å²) in [5, 5.41) is 20.1. The van der Waals surface area contributed by atoms with Gasteiger partial charge in [0.05, 0.1) is 5.76 Å². The third-order valence-electron chi connectivity index (χ3n) is 7.37. The van der Waals surface area contributed by atoms with Crippen molar-refractivity contribution in [3.05, 3.63) is 35.8 Å². The largest absolute Gasteiger partial charge is 0.512 e. The second-order valence-electron chi connectivity index (χ2n) is 8.13. The molecule has 114 valence electrons. The molecule has 0 amide bonds. The summed E-state index contributed by atoms with van der Waals surface area (Å²) in [6, 6.07) is 0. The molecule has 4 rings (SSSR count). The molecule has 4 aliphatic rings. The first-order valence-corrected chi connectivity index (χ1v) is 8.45. The number of allylic oxidation sites excluding steroid dienone is 5. The molecule has 2 N–H and O–H groups in total. The Balaban J connectivity index is 1.68. The number of rotatable bonds is 0. The van der Waals surface area contributed by atoms with E-state index in [1.807, 2.05) is 6.08 Å². The van der Waals surface area contributed by atoms with Crippen LogP contribution in [0.5, 0.6) is 0 Å². The van der Waals surface area contributed by atoms with Crippen LogP contribution in [-0.4, -0.2) is 10.2 Å². The van der Waals surface area contributed by atoms with E-state index in [2.05, 4.69) is 32.1 Å². The summed E-state index contributed by atoms with van der Waals surface area (Å²) >= 11 is 0. The van der Waals surface area contributed by atoms with Gasteiger partial charge in [-0.3, -0.25) is 0 Å². The second kappa shape index (κ2) is 4.18. The Morgan fingerprint density at radius 3 is 2.71 bits per heavy atom. The molecular weight excluding hydrogens is 260 g/mol. The SMILES string of the molecule is C[C@]12C=CC(O)=CC1CC[C@@H]1[C@H]2CC[C@]2(C)C(O)=CC[C@@H]12. The molecule has 0 aromatic heterocycles. The molecule has 0 aromatic rings. The highest BCUT2D eigenvalue weighted by Crippen LogP contribution is 2.64. The van der Waals surface area contributed by atoms with Gasteiger partial charge in [0.25, 0.3) is 0 Å². The molecule has 0 radical (unpaired) electrons. The Morgan fingerprint density at radius 1 is 1.10 bits per heavy atom. The fourth-order valence-corrected chi connectivity index (χ4v) is 6.00. The number of hydrogen-bond donors (Lipinski definition) is 2. The summed E-state index contributed by atoms with van der Waals surface area (Å²) in [5.74, 6) is 3.59. The fourth-order valence-electron chi connectivity index (χ4n) is 6.00. The van der Waals surface area contributed by atoms with E-state index in [0.29, 0.717) is 35.2 Å². The average molecular weight is 286 g/mol. The molecule has 2 fully saturated rings. The molecule has 2 heteroatoms. The van der Waals surface area contributed by atoms with Crippen LogP contribution in [0.4, 0.5) is 0 Å². The van der Waals surface area contributed by atoms with Crippen molar-refractivity contribution in [1.82, 2.24) is 0 Å². The first-order valence-electron chi connectivity index (χ1n) is 8.45. The van der Waals surface area contributed by atoms with Gasteiger partial charge in [-0.2, -0.15) is 0 Å². The van der Waals surface area contributed by atoms with Crippen molar-refractivity contribution in [2.45, 2.75) is 46.0 Å². The molecule has 2 nitrogen and oxygen atoms in total. The lowest BCUT2D eigenvalue weighted by atomic mass is 9.47. The van der Waals surface area contributed by atoms with Crippen molar-refractivity contribution in [3.8, 4) is 0 Å². The normalized spacial score (nSPS) is 51.5. The molecule has 6 atom stereocenters. The molecule has 0 spiro atoms. The molecule has 4 aliphatic carbocycles. The first-order chi connectivity index (χ1) is 9.95. The van der Waals surface area contributed by atoms with Crippen LogP contribution in [-0.2, 0) is 0 Å². The minimum atomic E-state index is 0.0285. The van der Waals surface area contributed by atoms with E-state index in [9.17, 15) is 10.2 Å². The Labute approximate surface area is 127 Å². The zero-order chi connectivity index (χ0) is 14.8. The highest BCUT2D eigenvalue weighted by molar-refractivity contribution is 5.28. The third kappa shape index (κ3) is 1.65. The first kappa shape index (κ1) is 13.5. The van der Waals surface area contributed by atoms with E-state index in [-0.39, 0.29) is 10.8 Å². The summed E-state index contributed by atoms with van der Waals surface area (Å²) in [6.45, 7) is 4.66. The maximum Gasteiger partial charge on any atom is 0.111 e. The van der Waals surface area contributed by atoms with Crippen molar-refractivity contribution in [2.24, 2.45) is 34.5 Å². The van der Waals surface area contributed by atoms with Gasteiger partial charge in [-0.1, -0.05) is 19.9 Å². The summed E-state index contributed by atoms with van der Waals surface area (Å²) in [6.07, 6.45) is 14.1. The van der Waals surface area contributed by atoms with Gasteiger partial charge in [0.2, 0.25) is 0 Å². The van der Waals surface area contributed by atoms with Gasteiger partial charge in [0.1, 0.15) is 5.76 Å². The van der Waals surface area contributed by atoms with Crippen LogP contribution in [0.3, 0.4) is 0 Å². The van der Waals surface area contributed by atoms with Crippen LogP contribution >= 0.6 is 0 Å². The fraction of sp³-hybridized carbons (Fsp3) is 0.684. The lowest BCUT2D eigenvalue weighted by Crippen LogP contribution is -2.51. The van der Waals surface area contributed by atoms with E-state index in [0.717, 1.165) is 12.8 Å². The Morgan fingerprint density at radius 2 is 1.90 bits per heavy atom. The molecule has 0 heterocycles. The van der Waals surface area contributed by atoms with Crippen molar-refractivity contribution in [1.29, 1.82) is 0 Å². The molecule has 2 saturated carbocycles. The Bertz CT molecular complexity index is 558. The van der Waals surface area contributed by atoms with Gasteiger partial charge in [0, 0.05) is 5.41 Å². The van der Waals surface area contributed by atoms with E-state index >= 15 is 0 Å². The van der Waals surface area contributed by atoms with Crippen LogP contribution in [0.25, 0.3) is 0 Å². The van der Waals surface area contributed by atoms with Gasteiger partial charge >= 0.3 is 0 Å². The van der Waals surface area contributed by atoms with Crippen LogP contribution in [0.15, 0.2) is 35.8 Å². The van der Waals surface area contributed by atoms with E-state index in [1.54, 1.807) is 0 Å². The zero-order valence-corrected chi connectivity index (χ0v) is 13.0. The maximum atomic E-state index is 10.3. The van der Waals surface area contributed by atoms with Gasteiger partial charge < -0.3 is 10.2 Å². The quantitative estimate of drug-likeness (QED) is 0.664. The van der Waals surface area contributed by atoms with E-state index < -0.39 is 0 Å². The van der Waals surface area contributed by atoms with Crippen molar-refractivity contribution >= 4 is 0 Å². The molecule has 0 saturated heterocycles. The standard InChI is InChI=1S/C19H26O2/c1-18-9-7-13(20)11-12(18)3-4-14-15-5-6-17(21)19(15,2)10-8-16(14)18/h6-7,9,11-12,14-16,20-21H,3-5,8,10H2,1-2H3/t12?,14-,15-,16+,18-,19-/m0/s1. The summed E-state index contributed by atoms with van der Waals surface area (Å²) < 4.78 is 0.